The van der Waals surface area contributed by atoms with Crippen molar-refractivity contribution < 1.29 is 14.3 Å². The fourth-order valence-electron chi connectivity index (χ4n) is 4.11. The molecule has 6 nitrogen and oxygen atoms in total. The van der Waals surface area contributed by atoms with Crippen LogP contribution in [0.3, 0.4) is 0 Å². The highest BCUT2D eigenvalue weighted by Crippen LogP contribution is 2.28. The number of imidazole rings is 1. The third-order valence-corrected chi connectivity index (χ3v) is 6.08. The fraction of sp³-hybridized carbons (Fsp3) is 0.259. The zero-order valence-corrected chi connectivity index (χ0v) is 20.3. The number of fused-ring (bicyclic) bond motifs is 1. The van der Waals surface area contributed by atoms with Crippen molar-refractivity contribution in [2.24, 2.45) is 0 Å². The molecule has 1 heterocycles. The van der Waals surface area contributed by atoms with Gasteiger partial charge in [-0.1, -0.05) is 41.9 Å². The molecule has 4 aromatic rings. The van der Waals surface area contributed by atoms with E-state index in [9.17, 15) is 4.79 Å². The van der Waals surface area contributed by atoms with Crippen molar-refractivity contribution in [3.8, 4) is 11.5 Å². The second kappa shape index (κ2) is 10.6. The summed E-state index contributed by atoms with van der Waals surface area (Å²) in [6.07, 6.45) is 1.26. The van der Waals surface area contributed by atoms with Gasteiger partial charge in [0.2, 0.25) is 5.91 Å². The summed E-state index contributed by atoms with van der Waals surface area (Å²) in [5, 5.41) is 3.75. The fourth-order valence-corrected chi connectivity index (χ4v) is 4.32. The summed E-state index contributed by atoms with van der Waals surface area (Å²) in [6.45, 7) is 2.41. The Hall–Kier alpha value is -3.51. The number of aromatic nitrogens is 2. The molecule has 1 N–H and O–H groups in total. The van der Waals surface area contributed by atoms with E-state index in [1.807, 2.05) is 78.2 Å². The number of carbonyl (C=O) groups is 1. The lowest BCUT2D eigenvalue weighted by Crippen LogP contribution is -2.33. The molecular formula is C27H28ClN3O3. The molecule has 0 aliphatic heterocycles. The van der Waals surface area contributed by atoms with Gasteiger partial charge in [-0.05, 0) is 60.9 Å². The van der Waals surface area contributed by atoms with Crippen LogP contribution < -0.4 is 14.8 Å². The molecule has 34 heavy (non-hydrogen) atoms. The van der Waals surface area contributed by atoms with E-state index in [4.69, 9.17) is 26.1 Å². The molecule has 0 fully saturated rings. The Labute approximate surface area is 204 Å². The third-order valence-electron chi connectivity index (χ3n) is 5.85. The van der Waals surface area contributed by atoms with Gasteiger partial charge in [0.15, 0.2) is 11.5 Å². The monoisotopic (exact) mass is 477 g/mol. The zero-order chi connectivity index (χ0) is 24.1. The van der Waals surface area contributed by atoms with Gasteiger partial charge < -0.3 is 19.4 Å². The first-order valence-corrected chi connectivity index (χ1v) is 11.6. The second-order valence-corrected chi connectivity index (χ2v) is 8.54. The van der Waals surface area contributed by atoms with Crippen LogP contribution >= 0.6 is 11.6 Å². The first-order valence-electron chi connectivity index (χ1n) is 11.2. The quantitative estimate of drug-likeness (QED) is 0.359. The molecule has 4 rings (SSSR count). The van der Waals surface area contributed by atoms with Crippen molar-refractivity contribution in [3.63, 3.8) is 0 Å². The molecule has 0 saturated carbocycles. The summed E-state index contributed by atoms with van der Waals surface area (Å²) < 4.78 is 12.7. The lowest BCUT2D eigenvalue weighted by atomic mass is 10.1. The van der Waals surface area contributed by atoms with Gasteiger partial charge in [-0.25, -0.2) is 4.98 Å². The summed E-state index contributed by atoms with van der Waals surface area (Å²) in [7, 11) is 3.22. The van der Waals surface area contributed by atoms with Gasteiger partial charge in [-0.3, -0.25) is 4.79 Å². The number of methoxy groups -OCH3 is 2. The molecule has 0 spiro atoms. The Kier molecular flexibility index (Phi) is 7.38. The number of carbonyl (C=O) groups excluding carboxylic acids is 1. The van der Waals surface area contributed by atoms with Gasteiger partial charge in [-0.15, -0.1) is 0 Å². The van der Waals surface area contributed by atoms with Crippen molar-refractivity contribution in [2.75, 3.05) is 20.8 Å². The Morgan fingerprint density at radius 3 is 2.56 bits per heavy atom. The normalized spacial score (nSPS) is 11.9. The Balaban J connectivity index is 1.50. The van der Waals surface area contributed by atoms with Crippen molar-refractivity contribution in [3.05, 3.63) is 88.7 Å². The number of ether oxygens (including phenoxy) is 2. The highest BCUT2D eigenvalue weighted by atomic mass is 35.5. The van der Waals surface area contributed by atoms with Crippen LogP contribution in [0.5, 0.6) is 11.5 Å². The van der Waals surface area contributed by atoms with Crippen LogP contribution in [0, 0.1) is 0 Å². The number of benzene rings is 3. The van der Waals surface area contributed by atoms with Crippen LogP contribution in [-0.2, 0) is 17.6 Å². The minimum atomic E-state index is -0.424. The summed E-state index contributed by atoms with van der Waals surface area (Å²) in [6, 6.07) is 21.0. The molecule has 1 aromatic heterocycles. The summed E-state index contributed by atoms with van der Waals surface area (Å²) in [4.78, 5) is 18.0. The maximum atomic E-state index is 13.1. The standard InChI is InChI=1S/C27H28ClN3O3/c1-18(27(32)29-14-13-19-11-12-24(33-2)25(16-19)34-3)31-23-10-5-4-9-22(23)30-26(31)17-20-7-6-8-21(28)15-20/h4-12,15-16,18H,13-14,17H2,1-3H3,(H,29,32)/t18-/m1/s1. The lowest BCUT2D eigenvalue weighted by Gasteiger charge is -2.18. The minimum absolute atomic E-state index is 0.0593. The van der Waals surface area contributed by atoms with E-state index < -0.39 is 6.04 Å². The topological polar surface area (TPSA) is 65.4 Å². The molecule has 1 atom stereocenters. The van der Waals surface area contributed by atoms with E-state index in [2.05, 4.69) is 5.32 Å². The largest absolute Gasteiger partial charge is 0.493 e. The Bertz CT molecular complexity index is 1300. The number of hydrogen-bond donors (Lipinski definition) is 1. The first kappa shape index (κ1) is 23.6. The zero-order valence-electron chi connectivity index (χ0n) is 19.5. The number of halogens is 1. The molecule has 3 aromatic carbocycles. The number of nitrogens with one attached hydrogen (secondary N) is 1. The average molecular weight is 478 g/mol. The Morgan fingerprint density at radius 2 is 1.79 bits per heavy atom. The molecule has 176 valence electrons. The van der Waals surface area contributed by atoms with Crippen molar-refractivity contribution in [1.29, 1.82) is 0 Å². The maximum Gasteiger partial charge on any atom is 0.242 e. The number of amides is 1. The molecule has 0 aliphatic carbocycles. The van der Waals surface area contributed by atoms with Gasteiger partial charge in [0, 0.05) is 18.0 Å². The maximum absolute atomic E-state index is 13.1. The first-order chi connectivity index (χ1) is 16.5. The van der Waals surface area contributed by atoms with E-state index in [0.29, 0.717) is 35.9 Å². The van der Waals surface area contributed by atoms with Gasteiger partial charge >= 0.3 is 0 Å². The van der Waals surface area contributed by atoms with Crippen LogP contribution in [0.15, 0.2) is 66.7 Å². The van der Waals surface area contributed by atoms with Crippen LogP contribution in [0.2, 0.25) is 5.02 Å². The van der Waals surface area contributed by atoms with Gasteiger partial charge in [0.25, 0.3) is 0 Å². The summed E-state index contributed by atoms with van der Waals surface area (Å²) in [5.41, 5.74) is 3.90. The van der Waals surface area contributed by atoms with Crippen LogP contribution in [0.4, 0.5) is 0 Å². The highest BCUT2D eigenvalue weighted by Gasteiger charge is 2.21. The molecule has 0 bridgehead atoms. The predicted molar refractivity (Wildman–Crippen MR) is 135 cm³/mol. The molecule has 0 unspecified atom stereocenters. The molecular weight excluding hydrogens is 450 g/mol. The molecule has 0 aliphatic rings. The number of para-hydroxylation sites is 2. The van der Waals surface area contributed by atoms with Crippen LogP contribution in [0.25, 0.3) is 11.0 Å². The van der Waals surface area contributed by atoms with E-state index in [1.54, 1.807) is 14.2 Å². The highest BCUT2D eigenvalue weighted by molar-refractivity contribution is 6.30. The lowest BCUT2D eigenvalue weighted by molar-refractivity contribution is -0.123. The van der Waals surface area contributed by atoms with Crippen molar-refractivity contribution >= 4 is 28.5 Å². The summed E-state index contributed by atoms with van der Waals surface area (Å²) in [5.74, 6) is 2.13. The SMILES string of the molecule is COc1ccc(CCNC(=O)[C@@H](C)n2c(Cc3cccc(Cl)c3)nc3ccccc32)cc1OC. The smallest absolute Gasteiger partial charge is 0.242 e. The number of rotatable bonds is 9. The van der Waals surface area contributed by atoms with E-state index >= 15 is 0 Å². The molecule has 7 heteroatoms. The van der Waals surface area contributed by atoms with Crippen molar-refractivity contribution in [2.45, 2.75) is 25.8 Å². The third kappa shape index (κ3) is 5.18. The molecule has 0 saturated heterocycles. The van der Waals surface area contributed by atoms with Crippen LogP contribution in [-0.4, -0.2) is 36.2 Å². The number of hydrogen-bond acceptors (Lipinski definition) is 4. The minimum Gasteiger partial charge on any atom is -0.493 e. The van der Waals surface area contributed by atoms with Gasteiger partial charge in [0.1, 0.15) is 11.9 Å². The van der Waals surface area contributed by atoms with E-state index in [0.717, 1.165) is 28.0 Å². The second-order valence-electron chi connectivity index (χ2n) is 8.10. The van der Waals surface area contributed by atoms with Crippen LogP contribution in [0.1, 0.15) is 29.9 Å². The van der Waals surface area contributed by atoms with Gasteiger partial charge in [0.05, 0.1) is 25.3 Å². The van der Waals surface area contributed by atoms with Gasteiger partial charge in [-0.2, -0.15) is 0 Å². The van der Waals surface area contributed by atoms with Crippen molar-refractivity contribution in [1.82, 2.24) is 14.9 Å². The molecule has 0 radical (unpaired) electrons. The summed E-state index contributed by atoms with van der Waals surface area (Å²) >= 11 is 6.18. The Morgan fingerprint density at radius 1 is 1.00 bits per heavy atom. The molecule has 1 amide bonds. The van der Waals surface area contributed by atoms with E-state index in [1.165, 1.54) is 0 Å². The average Bonchev–Trinajstić information content (AvgIpc) is 3.21. The predicted octanol–water partition coefficient (Wildman–Crippen LogP) is 5.22. The number of nitrogens with zero attached hydrogens (tertiary/aromatic N) is 2. The van der Waals surface area contributed by atoms with E-state index in [-0.39, 0.29) is 5.91 Å².